The van der Waals surface area contributed by atoms with Crippen LogP contribution in [0.5, 0.6) is 17.5 Å². The van der Waals surface area contributed by atoms with Gasteiger partial charge in [0, 0.05) is 27.3 Å². The minimum Gasteiger partial charge on any atom is -0.493 e. The van der Waals surface area contributed by atoms with Gasteiger partial charge in [0.2, 0.25) is 5.95 Å². The predicted octanol–water partition coefficient (Wildman–Crippen LogP) is 3.07. The van der Waals surface area contributed by atoms with Crippen LogP contribution in [-0.4, -0.2) is 67.7 Å². The van der Waals surface area contributed by atoms with Crippen LogP contribution in [0.25, 0.3) is 0 Å². The van der Waals surface area contributed by atoms with Gasteiger partial charge in [-0.15, -0.1) is 0 Å². The highest BCUT2D eigenvalue weighted by molar-refractivity contribution is 9.10. The normalized spacial score (nSPS) is 11.5. The van der Waals surface area contributed by atoms with E-state index in [1.54, 1.807) is 47.1 Å². The summed E-state index contributed by atoms with van der Waals surface area (Å²) in [6, 6.07) is 3.63. The smallest absolute Gasteiger partial charge is 0.327 e. The number of anilines is 1. The van der Waals surface area contributed by atoms with Crippen molar-refractivity contribution in [3.8, 4) is 17.5 Å². The lowest BCUT2D eigenvalue weighted by Gasteiger charge is -2.23. The number of nitrogens with zero attached hydrogens (tertiary/aromatic N) is 4. The first-order valence-corrected chi connectivity index (χ1v) is 10.2. The summed E-state index contributed by atoms with van der Waals surface area (Å²) >= 11 is 3.49. The van der Waals surface area contributed by atoms with Crippen LogP contribution in [0.4, 0.5) is 5.95 Å². The van der Waals surface area contributed by atoms with E-state index in [4.69, 9.17) is 18.9 Å². The molecule has 2 rings (SSSR count). The average Bonchev–Trinajstić information content (AvgIpc) is 2.68. The van der Waals surface area contributed by atoms with E-state index in [9.17, 15) is 5.11 Å². The van der Waals surface area contributed by atoms with Gasteiger partial charge in [0.25, 0.3) is 0 Å². The van der Waals surface area contributed by atoms with Crippen molar-refractivity contribution < 1.29 is 24.1 Å². The van der Waals surface area contributed by atoms with Gasteiger partial charge in [0.05, 0.1) is 30.4 Å². The Morgan fingerprint density at radius 3 is 2.20 bits per heavy atom. The summed E-state index contributed by atoms with van der Waals surface area (Å²) in [4.78, 5) is 15.1. The quantitative estimate of drug-likeness (QED) is 0.515. The fourth-order valence-corrected chi connectivity index (χ4v) is 3.13. The number of hydrogen-bond donors (Lipinski definition) is 1. The Labute approximate surface area is 185 Å². The van der Waals surface area contributed by atoms with Crippen molar-refractivity contribution in [1.29, 1.82) is 0 Å². The number of halogens is 1. The van der Waals surface area contributed by atoms with E-state index in [0.717, 1.165) is 0 Å². The zero-order chi connectivity index (χ0) is 22.3. The number of aromatic nitrogens is 3. The van der Waals surface area contributed by atoms with Crippen molar-refractivity contribution >= 4 is 21.9 Å². The molecule has 2 aromatic rings. The van der Waals surface area contributed by atoms with Crippen LogP contribution in [-0.2, 0) is 15.1 Å². The van der Waals surface area contributed by atoms with E-state index < -0.39 is 5.60 Å². The molecule has 10 heteroatoms. The van der Waals surface area contributed by atoms with Crippen LogP contribution in [0.15, 0.2) is 16.6 Å². The molecular weight excluding hydrogens is 456 g/mol. The Bertz CT molecular complexity index is 837. The molecule has 0 aliphatic carbocycles. The molecule has 166 valence electrons. The zero-order valence-electron chi connectivity index (χ0n) is 18.2. The molecule has 0 saturated heterocycles. The highest BCUT2D eigenvalue weighted by atomic mass is 79.9. The highest BCUT2D eigenvalue weighted by Crippen LogP contribution is 2.41. The van der Waals surface area contributed by atoms with E-state index in [1.807, 2.05) is 4.90 Å². The van der Waals surface area contributed by atoms with Crippen molar-refractivity contribution in [3.63, 3.8) is 0 Å². The molecule has 0 atom stereocenters. The molecule has 0 aliphatic heterocycles. The summed E-state index contributed by atoms with van der Waals surface area (Å²) in [6.45, 7) is 7.39. The van der Waals surface area contributed by atoms with Crippen molar-refractivity contribution in [1.82, 2.24) is 15.0 Å². The predicted molar refractivity (Wildman–Crippen MR) is 117 cm³/mol. The van der Waals surface area contributed by atoms with Gasteiger partial charge in [0.15, 0.2) is 11.5 Å². The third-order valence-electron chi connectivity index (χ3n) is 4.26. The summed E-state index contributed by atoms with van der Waals surface area (Å²) in [7, 11) is 4.82. The molecule has 0 fully saturated rings. The number of hydrogen-bond acceptors (Lipinski definition) is 9. The zero-order valence-corrected chi connectivity index (χ0v) is 19.8. The number of aliphatic hydroxyl groups is 1. The Balaban J connectivity index is 2.39. The second kappa shape index (κ2) is 10.9. The fraction of sp³-hybridized carbons (Fsp3) is 0.550. The number of rotatable bonds is 11. The molecule has 0 aliphatic rings. The van der Waals surface area contributed by atoms with E-state index in [1.165, 1.54) is 7.11 Å². The third-order valence-corrected chi connectivity index (χ3v) is 4.85. The molecule has 0 radical (unpaired) electrons. The van der Waals surface area contributed by atoms with Gasteiger partial charge in [-0.05, 0) is 54.4 Å². The van der Waals surface area contributed by atoms with Crippen molar-refractivity contribution in [2.45, 2.75) is 26.4 Å². The van der Waals surface area contributed by atoms with E-state index >= 15 is 0 Å². The maximum Gasteiger partial charge on any atom is 0.327 e. The third kappa shape index (κ3) is 6.49. The van der Waals surface area contributed by atoms with Crippen LogP contribution in [0.2, 0.25) is 0 Å². The molecule has 0 bridgehead atoms. The fourth-order valence-electron chi connectivity index (χ4n) is 2.61. The molecule has 1 heterocycles. The summed E-state index contributed by atoms with van der Waals surface area (Å²) in [5, 5.41) is 10.3. The monoisotopic (exact) mass is 484 g/mol. The number of aryl methyl sites for hydroxylation is 1. The molecule has 9 nitrogen and oxygen atoms in total. The first kappa shape index (κ1) is 24.3. The maximum atomic E-state index is 10.3. The molecule has 1 aromatic heterocycles. The van der Waals surface area contributed by atoms with Crippen LogP contribution in [0, 0.1) is 6.92 Å². The molecule has 1 aromatic carbocycles. The van der Waals surface area contributed by atoms with Crippen molar-refractivity contribution in [3.05, 3.63) is 28.0 Å². The van der Waals surface area contributed by atoms with Gasteiger partial charge >= 0.3 is 6.01 Å². The van der Waals surface area contributed by atoms with Crippen LogP contribution >= 0.6 is 15.9 Å². The largest absolute Gasteiger partial charge is 0.493 e. The van der Waals surface area contributed by atoms with Crippen LogP contribution in [0.3, 0.4) is 0 Å². The van der Waals surface area contributed by atoms with Gasteiger partial charge in [0.1, 0.15) is 5.82 Å². The van der Waals surface area contributed by atoms with Crippen molar-refractivity contribution in [2.24, 2.45) is 0 Å². The lowest BCUT2D eigenvalue weighted by Crippen LogP contribution is -2.32. The highest BCUT2D eigenvalue weighted by Gasteiger charge is 2.22. The second-order valence-electron chi connectivity index (χ2n) is 7.09. The van der Waals surface area contributed by atoms with Gasteiger partial charge in [-0.3, -0.25) is 0 Å². The lowest BCUT2D eigenvalue weighted by molar-refractivity contribution is 0.0782. The summed E-state index contributed by atoms with van der Waals surface area (Å²) in [6.07, 6.45) is 0. The number of methoxy groups -OCH3 is 3. The Hall–Kier alpha value is -2.01. The van der Waals surface area contributed by atoms with Crippen LogP contribution in [0.1, 0.15) is 25.2 Å². The van der Waals surface area contributed by atoms with E-state index in [-0.39, 0.29) is 6.01 Å². The average molecular weight is 485 g/mol. The summed E-state index contributed by atoms with van der Waals surface area (Å²) in [5.74, 6) is 1.83. The Kier molecular flexibility index (Phi) is 8.78. The number of benzene rings is 1. The molecule has 0 unspecified atom stereocenters. The molecule has 30 heavy (non-hydrogen) atoms. The first-order valence-electron chi connectivity index (χ1n) is 9.43. The van der Waals surface area contributed by atoms with Gasteiger partial charge < -0.3 is 29.0 Å². The SMILES string of the molecule is COCCN(CCOC)c1nc(C)nc(Oc2c(Br)cc(C(C)(C)O)cc2OC)n1. The molecule has 0 amide bonds. The maximum absolute atomic E-state index is 10.3. The topological polar surface area (TPSA) is 99.1 Å². The van der Waals surface area contributed by atoms with Gasteiger partial charge in [-0.25, -0.2) is 0 Å². The molecular formula is C20H29BrN4O5. The first-order chi connectivity index (χ1) is 14.2. The molecule has 1 N–H and O–H groups in total. The lowest BCUT2D eigenvalue weighted by atomic mass is 9.98. The van der Waals surface area contributed by atoms with Crippen LogP contribution < -0.4 is 14.4 Å². The standard InChI is InChI=1S/C20H29BrN4O5/c1-13-22-18(25(7-9-27-4)8-10-28-5)24-19(23-13)30-17-15(21)11-14(20(2,3)26)12-16(17)29-6/h11-12,26H,7-10H2,1-6H3. The Morgan fingerprint density at radius 1 is 1.03 bits per heavy atom. The van der Waals surface area contributed by atoms with E-state index in [0.29, 0.717) is 59.6 Å². The van der Waals surface area contributed by atoms with Gasteiger partial charge in [-0.1, -0.05) is 0 Å². The van der Waals surface area contributed by atoms with Crippen molar-refractivity contribution in [2.75, 3.05) is 52.5 Å². The number of ether oxygens (including phenoxy) is 4. The van der Waals surface area contributed by atoms with Gasteiger partial charge in [-0.2, -0.15) is 15.0 Å². The minimum atomic E-state index is -1.03. The summed E-state index contributed by atoms with van der Waals surface area (Å²) in [5.41, 5.74) is -0.356. The second-order valence-corrected chi connectivity index (χ2v) is 7.94. The Morgan fingerprint density at radius 2 is 1.67 bits per heavy atom. The molecule has 0 saturated carbocycles. The molecule has 0 spiro atoms. The minimum absolute atomic E-state index is 0.132. The van der Waals surface area contributed by atoms with E-state index in [2.05, 4.69) is 30.9 Å². The summed E-state index contributed by atoms with van der Waals surface area (Å²) < 4.78 is 22.4.